The Hall–Kier alpha value is -2.30. The van der Waals surface area contributed by atoms with E-state index in [4.69, 9.17) is 0 Å². The molecular formula is C14H11NO4. The number of Topliss-reactive ketones (excluding diaryl/α,β-unsaturated/α-hetero) is 2. The number of nitro benzene ring substituents is 1. The Balaban J connectivity index is 2.26. The van der Waals surface area contributed by atoms with Gasteiger partial charge in [-0.05, 0) is 31.7 Å². The molecule has 2 aliphatic carbocycles. The van der Waals surface area contributed by atoms with Crippen molar-refractivity contribution in [3.8, 4) is 0 Å². The SMILES string of the molecule is O=C1C2=C(CCCC2)C(=O)c2c1cccc2[N+](=O)[O-]. The molecule has 3 rings (SSSR count). The molecule has 96 valence electrons. The molecule has 0 atom stereocenters. The maximum atomic E-state index is 12.4. The molecule has 0 aromatic heterocycles. The molecule has 1 aromatic rings. The highest BCUT2D eigenvalue weighted by Crippen LogP contribution is 2.38. The number of allylic oxidation sites excluding steroid dienone is 2. The van der Waals surface area contributed by atoms with Crippen molar-refractivity contribution < 1.29 is 14.5 Å². The third-order valence-corrected chi connectivity index (χ3v) is 3.73. The van der Waals surface area contributed by atoms with E-state index in [1.54, 1.807) is 0 Å². The number of carbonyl (C=O) groups is 2. The van der Waals surface area contributed by atoms with Crippen molar-refractivity contribution in [2.75, 3.05) is 0 Å². The van der Waals surface area contributed by atoms with Gasteiger partial charge in [0, 0.05) is 22.8 Å². The maximum Gasteiger partial charge on any atom is 0.281 e. The number of fused-ring (bicyclic) bond motifs is 1. The molecule has 0 spiro atoms. The zero-order valence-electron chi connectivity index (χ0n) is 10.1. The zero-order valence-corrected chi connectivity index (χ0v) is 10.1. The van der Waals surface area contributed by atoms with Gasteiger partial charge in [-0.15, -0.1) is 0 Å². The molecule has 5 heteroatoms. The number of hydrogen-bond donors (Lipinski definition) is 0. The summed E-state index contributed by atoms with van der Waals surface area (Å²) in [4.78, 5) is 35.2. The Labute approximate surface area is 109 Å². The number of hydrogen-bond acceptors (Lipinski definition) is 4. The van der Waals surface area contributed by atoms with Crippen molar-refractivity contribution in [3.05, 3.63) is 50.6 Å². The zero-order chi connectivity index (χ0) is 13.6. The largest absolute Gasteiger partial charge is 0.289 e. The van der Waals surface area contributed by atoms with Gasteiger partial charge in [0.25, 0.3) is 5.69 Å². The minimum Gasteiger partial charge on any atom is -0.289 e. The number of benzene rings is 1. The first-order chi connectivity index (χ1) is 9.11. The average molecular weight is 257 g/mol. The molecule has 0 saturated heterocycles. The van der Waals surface area contributed by atoms with Gasteiger partial charge in [-0.1, -0.05) is 6.07 Å². The van der Waals surface area contributed by atoms with Crippen molar-refractivity contribution in [1.29, 1.82) is 0 Å². The first-order valence-corrected chi connectivity index (χ1v) is 6.20. The van der Waals surface area contributed by atoms with Gasteiger partial charge in [-0.2, -0.15) is 0 Å². The highest BCUT2D eigenvalue weighted by Gasteiger charge is 2.37. The van der Waals surface area contributed by atoms with Crippen LogP contribution in [0.2, 0.25) is 0 Å². The Kier molecular flexibility index (Phi) is 2.55. The van der Waals surface area contributed by atoms with Crippen LogP contribution in [-0.4, -0.2) is 16.5 Å². The lowest BCUT2D eigenvalue weighted by Crippen LogP contribution is -2.25. The van der Waals surface area contributed by atoms with Crippen LogP contribution >= 0.6 is 0 Å². The van der Waals surface area contributed by atoms with E-state index in [0.29, 0.717) is 24.0 Å². The van der Waals surface area contributed by atoms with Crippen molar-refractivity contribution in [2.45, 2.75) is 25.7 Å². The molecule has 0 radical (unpaired) electrons. The third-order valence-electron chi connectivity index (χ3n) is 3.73. The fourth-order valence-electron chi connectivity index (χ4n) is 2.84. The molecule has 0 aliphatic heterocycles. The quantitative estimate of drug-likeness (QED) is 0.572. The molecule has 0 unspecified atom stereocenters. The highest BCUT2D eigenvalue weighted by molar-refractivity contribution is 6.28. The van der Waals surface area contributed by atoms with E-state index in [0.717, 1.165) is 12.8 Å². The van der Waals surface area contributed by atoms with Gasteiger partial charge in [0.15, 0.2) is 11.6 Å². The topological polar surface area (TPSA) is 77.3 Å². The minimum atomic E-state index is -0.599. The second-order valence-electron chi connectivity index (χ2n) is 4.78. The van der Waals surface area contributed by atoms with Crippen LogP contribution in [0.4, 0.5) is 5.69 Å². The van der Waals surface area contributed by atoms with Gasteiger partial charge in [-0.25, -0.2) is 0 Å². The predicted molar refractivity (Wildman–Crippen MR) is 67.3 cm³/mol. The molecule has 5 nitrogen and oxygen atoms in total. The molecule has 19 heavy (non-hydrogen) atoms. The van der Waals surface area contributed by atoms with Gasteiger partial charge in [-0.3, -0.25) is 19.7 Å². The van der Waals surface area contributed by atoms with Gasteiger partial charge in [0.1, 0.15) is 5.56 Å². The summed E-state index contributed by atoms with van der Waals surface area (Å²) < 4.78 is 0. The summed E-state index contributed by atoms with van der Waals surface area (Å²) in [5, 5.41) is 11.0. The first kappa shape index (κ1) is 11.8. The molecule has 0 bridgehead atoms. The second kappa shape index (κ2) is 4.12. The van der Waals surface area contributed by atoms with Crippen LogP contribution in [0.25, 0.3) is 0 Å². The summed E-state index contributed by atoms with van der Waals surface area (Å²) >= 11 is 0. The lowest BCUT2D eigenvalue weighted by molar-refractivity contribution is -0.385. The van der Waals surface area contributed by atoms with Gasteiger partial charge >= 0.3 is 0 Å². The van der Waals surface area contributed by atoms with Crippen molar-refractivity contribution in [3.63, 3.8) is 0 Å². The van der Waals surface area contributed by atoms with E-state index in [-0.39, 0.29) is 28.4 Å². The second-order valence-corrected chi connectivity index (χ2v) is 4.78. The monoisotopic (exact) mass is 257 g/mol. The molecule has 0 amide bonds. The molecule has 1 aromatic carbocycles. The molecule has 0 N–H and O–H groups in total. The Morgan fingerprint density at radius 2 is 1.63 bits per heavy atom. The van der Waals surface area contributed by atoms with Crippen molar-refractivity contribution in [1.82, 2.24) is 0 Å². The standard InChI is InChI=1S/C14H11NO4/c16-13-8-4-1-2-5-9(8)14(17)12-10(13)6-3-7-11(12)15(18)19/h3,6-7H,1-2,4-5H2. The van der Waals surface area contributed by atoms with E-state index in [2.05, 4.69) is 0 Å². The number of carbonyl (C=O) groups excluding carboxylic acids is 2. The van der Waals surface area contributed by atoms with Crippen LogP contribution in [0.5, 0.6) is 0 Å². The molecular weight excluding hydrogens is 246 g/mol. The van der Waals surface area contributed by atoms with E-state index in [1.165, 1.54) is 18.2 Å². The molecule has 0 saturated carbocycles. The van der Waals surface area contributed by atoms with Gasteiger partial charge in [0.2, 0.25) is 0 Å². The van der Waals surface area contributed by atoms with E-state index in [9.17, 15) is 19.7 Å². The number of nitro groups is 1. The normalized spacial score (nSPS) is 18.1. The lowest BCUT2D eigenvalue weighted by atomic mass is 9.77. The van der Waals surface area contributed by atoms with Crippen LogP contribution in [0.15, 0.2) is 29.3 Å². The maximum absolute atomic E-state index is 12.4. The summed E-state index contributed by atoms with van der Waals surface area (Å²) in [5.41, 5.74) is 0.924. The molecule has 2 aliphatic rings. The number of nitrogens with zero attached hydrogens (tertiary/aromatic N) is 1. The minimum absolute atomic E-state index is 0.0295. The van der Waals surface area contributed by atoms with Crippen LogP contribution < -0.4 is 0 Å². The first-order valence-electron chi connectivity index (χ1n) is 6.20. The fourth-order valence-corrected chi connectivity index (χ4v) is 2.84. The Bertz CT molecular complexity index is 657. The lowest BCUT2D eigenvalue weighted by Gasteiger charge is -2.24. The molecule has 0 fully saturated rings. The van der Waals surface area contributed by atoms with Crippen LogP contribution in [-0.2, 0) is 0 Å². The summed E-state index contributed by atoms with van der Waals surface area (Å²) in [7, 11) is 0. The van der Waals surface area contributed by atoms with Crippen LogP contribution in [0, 0.1) is 10.1 Å². The van der Waals surface area contributed by atoms with Gasteiger partial charge < -0.3 is 0 Å². The highest BCUT2D eigenvalue weighted by atomic mass is 16.6. The van der Waals surface area contributed by atoms with Crippen molar-refractivity contribution >= 4 is 17.3 Å². The predicted octanol–water partition coefficient (Wildman–Crippen LogP) is 2.84. The van der Waals surface area contributed by atoms with Crippen LogP contribution in [0.1, 0.15) is 46.4 Å². The van der Waals surface area contributed by atoms with E-state index >= 15 is 0 Å². The number of rotatable bonds is 1. The smallest absolute Gasteiger partial charge is 0.281 e. The van der Waals surface area contributed by atoms with Crippen LogP contribution in [0.3, 0.4) is 0 Å². The molecule has 0 heterocycles. The Morgan fingerprint density at radius 1 is 1.00 bits per heavy atom. The van der Waals surface area contributed by atoms with Gasteiger partial charge in [0.05, 0.1) is 4.92 Å². The third kappa shape index (κ3) is 1.62. The summed E-state index contributed by atoms with van der Waals surface area (Å²) in [6.45, 7) is 0. The van der Waals surface area contributed by atoms with Crippen molar-refractivity contribution in [2.24, 2.45) is 0 Å². The number of ketones is 2. The summed E-state index contributed by atoms with van der Waals surface area (Å²) in [5.74, 6) is -0.551. The summed E-state index contributed by atoms with van der Waals surface area (Å²) in [6.07, 6.45) is 2.89. The summed E-state index contributed by atoms with van der Waals surface area (Å²) in [6, 6.07) is 4.23. The average Bonchev–Trinajstić information content (AvgIpc) is 2.44. The Morgan fingerprint density at radius 3 is 2.26 bits per heavy atom. The fraction of sp³-hybridized carbons (Fsp3) is 0.286. The van der Waals surface area contributed by atoms with E-state index < -0.39 is 4.92 Å². The van der Waals surface area contributed by atoms with E-state index in [1.807, 2.05) is 0 Å².